The maximum atomic E-state index is 4.44. The molecule has 0 amide bonds. The Morgan fingerprint density at radius 2 is 1.54 bits per heavy atom. The summed E-state index contributed by atoms with van der Waals surface area (Å²) in [5, 5.41) is 0. The first-order valence-electron chi connectivity index (χ1n) is 7.95. The van der Waals surface area contributed by atoms with Crippen molar-refractivity contribution in [2.75, 3.05) is 5.43 Å². The van der Waals surface area contributed by atoms with Gasteiger partial charge >= 0.3 is 0 Å². The molecule has 0 atom stereocenters. The molecule has 0 saturated carbocycles. The summed E-state index contributed by atoms with van der Waals surface area (Å²) >= 11 is 0. The first kappa shape index (κ1) is 14.5. The highest BCUT2D eigenvalue weighted by molar-refractivity contribution is 5.77. The monoisotopic (exact) mass is 314 g/mol. The first-order valence-corrected chi connectivity index (χ1v) is 7.95. The predicted octanol–water partition coefficient (Wildman–Crippen LogP) is 4.14. The minimum atomic E-state index is 0.750. The molecule has 0 bridgehead atoms. The molecular formula is C20H18N4. The van der Waals surface area contributed by atoms with E-state index in [2.05, 4.69) is 50.7 Å². The van der Waals surface area contributed by atoms with E-state index in [4.69, 9.17) is 0 Å². The molecule has 0 aliphatic carbocycles. The van der Waals surface area contributed by atoms with Crippen molar-refractivity contribution in [2.24, 2.45) is 0 Å². The summed E-state index contributed by atoms with van der Waals surface area (Å²) in [5.74, 6) is 0. The van der Waals surface area contributed by atoms with Crippen molar-refractivity contribution in [1.82, 2.24) is 15.0 Å². The highest BCUT2D eigenvalue weighted by atomic mass is 15.3. The predicted molar refractivity (Wildman–Crippen MR) is 98.0 cm³/mol. The van der Waals surface area contributed by atoms with Gasteiger partial charge in [0.15, 0.2) is 0 Å². The van der Waals surface area contributed by atoms with Crippen LogP contribution in [0.5, 0.6) is 0 Å². The Labute approximate surface area is 140 Å². The Hall–Kier alpha value is -3.11. The fraction of sp³-hybridized carbons (Fsp3) is 0.0500. The summed E-state index contributed by atoms with van der Waals surface area (Å²) in [4.78, 5) is 4.44. The maximum absolute atomic E-state index is 4.44. The molecule has 1 heterocycles. The van der Waals surface area contributed by atoms with Gasteiger partial charge in [-0.25, -0.2) is 10.4 Å². The SMILES string of the molecule is c1ccc(NNCc2ccc(-n3cnc4ccccc43)cc2)cc1. The molecule has 0 saturated heterocycles. The Morgan fingerprint density at radius 1 is 0.792 bits per heavy atom. The van der Waals surface area contributed by atoms with E-state index in [0.29, 0.717) is 0 Å². The fourth-order valence-corrected chi connectivity index (χ4v) is 2.71. The molecule has 0 aliphatic heterocycles. The number of imidazole rings is 1. The van der Waals surface area contributed by atoms with Gasteiger partial charge in [-0.3, -0.25) is 4.57 Å². The molecule has 0 aliphatic rings. The average molecular weight is 314 g/mol. The third-order valence-corrected chi connectivity index (χ3v) is 3.97. The summed E-state index contributed by atoms with van der Waals surface area (Å²) < 4.78 is 2.11. The Kier molecular flexibility index (Phi) is 3.96. The molecule has 0 radical (unpaired) electrons. The van der Waals surface area contributed by atoms with Crippen LogP contribution in [0.4, 0.5) is 5.69 Å². The van der Waals surface area contributed by atoms with E-state index in [1.807, 2.05) is 54.9 Å². The van der Waals surface area contributed by atoms with Gasteiger partial charge in [0.05, 0.1) is 11.0 Å². The number of benzene rings is 3. The summed E-state index contributed by atoms with van der Waals surface area (Å²) in [6.07, 6.45) is 1.87. The summed E-state index contributed by atoms with van der Waals surface area (Å²) in [6.45, 7) is 0.750. The zero-order valence-corrected chi connectivity index (χ0v) is 13.2. The van der Waals surface area contributed by atoms with Crippen LogP contribution in [-0.2, 0) is 6.54 Å². The number of hydrazine groups is 1. The van der Waals surface area contributed by atoms with Gasteiger partial charge in [-0.15, -0.1) is 0 Å². The van der Waals surface area contributed by atoms with Crippen LogP contribution in [0.2, 0.25) is 0 Å². The molecule has 0 spiro atoms. The molecule has 4 heteroatoms. The third kappa shape index (κ3) is 3.00. The molecule has 2 N–H and O–H groups in total. The lowest BCUT2D eigenvalue weighted by molar-refractivity contribution is 0.801. The van der Waals surface area contributed by atoms with Crippen LogP contribution in [0.1, 0.15) is 5.56 Å². The second kappa shape index (κ2) is 6.56. The number of para-hydroxylation sites is 3. The van der Waals surface area contributed by atoms with Crippen LogP contribution >= 0.6 is 0 Å². The minimum absolute atomic E-state index is 0.750. The lowest BCUT2D eigenvalue weighted by Gasteiger charge is -2.09. The van der Waals surface area contributed by atoms with Gasteiger partial charge in [0.25, 0.3) is 0 Å². The number of fused-ring (bicyclic) bond motifs is 1. The molecule has 3 aromatic carbocycles. The van der Waals surface area contributed by atoms with Crippen LogP contribution in [0.25, 0.3) is 16.7 Å². The first-order chi connectivity index (χ1) is 11.9. The normalized spacial score (nSPS) is 10.8. The quantitative estimate of drug-likeness (QED) is 0.544. The highest BCUT2D eigenvalue weighted by Gasteiger charge is 2.03. The minimum Gasteiger partial charge on any atom is -0.321 e. The van der Waals surface area contributed by atoms with Gasteiger partial charge in [0.2, 0.25) is 0 Å². The molecule has 4 aromatic rings. The standard InChI is InChI=1S/C20H18N4/c1-2-6-17(7-3-1)23-22-14-16-10-12-18(13-11-16)24-15-21-19-8-4-5-9-20(19)24/h1-13,15,22-23H,14H2. The average Bonchev–Trinajstić information content (AvgIpc) is 3.07. The fourth-order valence-electron chi connectivity index (χ4n) is 2.71. The summed E-state index contributed by atoms with van der Waals surface area (Å²) in [7, 11) is 0. The van der Waals surface area contributed by atoms with E-state index in [1.54, 1.807) is 0 Å². The number of aromatic nitrogens is 2. The molecular weight excluding hydrogens is 296 g/mol. The van der Waals surface area contributed by atoms with E-state index < -0.39 is 0 Å². The molecule has 0 unspecified atom stereocenters. The second-order valence-electron chi connectivity index (χ2n) is 5.61. The van der Waals surface area contributed by atoms with Crippen molar-refractivity contribution in [3.05, 3.63) is 90.8 Å². The largest absolute Gasteiger partial charge is 0.321 e. The number of rotatable bonds is 5. The van der Waals surface area contributed by atoms with Crippen molar-refractivity contribution < 1.29 is 0 Å². The Morgan fingerprint density at radius 3 is 2.38 bits per heavy atom. The molecule has 4 nitrogen and oxygen atoms in total. The van der Waals surface area contributed by atoms with Crippen LogP contribution in [0, 0.1) is 0 Å². The molecule has 24 heavy (non-hydrogen) atoms. The topological polar surface area (TPSA) is 41.9 Å². The molecule has 118 valence electrons. The number of nitrogens with one attached hydrogen (secondary N) is 2. The number of nitrogens with zero attached hydrogens (tertiary/aromatic N) is 2. The van der Waals surface area contributed by atoms with Crippen molar-refractivity contribution in [3.63, 3.8) is 0 Å². The third-order valence-electron chi connectivity index (χ3n) is 3.97. The van der Waals surface area contributed by atoms with Crippen LogP contribution in [-0.4, -0.2) is 9.55 Å². The van der Waals surface area contributed by atoms with Gasteiger partial charge in [-0.05, 0) is 42.0 Å². The van der Waals surface area contributed by atoms with Crippen molar-refractivity contribution in [2.45, 2.75) is 6.54 Å². The summed E-state index contributed by atoms with van der Waals surface area (Å²) in [6, 6.07) is 26.7. The van der Waals surface area contributed by atoms with Gasteiger partial charge in [-0.1, -0.05) is 42.5 Å². The van der Waals surface area contributed by atoms with Crippen LogP contribution < -0.4 is 10.9 Å². The zero-order valence-electron chi connectivity index (χ0n) is 13.2. The number of anilines is 1. The lowest BCUT2D eigenvalue weighted by atomic mass is 10.2. The number of hydrogen-bond acceptors (Lipinski definition) is 3. The number of hydrogen-bond donors (Lipinski definition) is 2. The van der Waals surface area contributed by atoms with E-state index >= 15 is 0 Å². The van der Waals surface area contributed by atoms with Gasteiger partial charge < -0.3 is 5.43 Å². The van der Waals surface area contributed by atoms with E-state index in [9.17, 15) is 0 Å². The molecule has 4 rings (SSSR count). The van der Waals surface area contributed by atoms with Gasteiger partial charge in [0.1, 0.15) is 6.33 Å². The van der Waals surface area contributed by atoms with Crippen molar-refractivity contribution >= 4 is 16.7 Å². The Balaban J connectivity index is 1.45. The highest BCUT2D eigenvalue weighted by Crippen LogP contribution is 2.18. The molecule has 1 aromatic heterocycles. The van der Waals surface area contributed by atoms with E-state index in [1.165, 1.54) is 5.56 Å². The zero-order chi connectivity index (χ0) is 16.2. The van der Waals surface area contributed by atoms with Gasteiger partial charge in [0, 0.05) is 17.9 Å². The van der Waals surface area contributed by atoms with Crippen molar-refractivity contribution in [1.29, 1.82) is 0 Å². The van der Waals surface area contributed by atoms with E-state index in [-0.39, 0.29) is 0 Å². The van der Waals surface area contributed by atoms with Crippen LogP contribution in [0.15, 0.2) is 85.2 Å². The van der Waals surface area contributed by atoms with Gasteiger partial charge in [-0.2, -0.15) is 0 Å². The van der Waals surface area contributed by atoms with Crippen molar-refractivity contribution in [3.8, 4) is 5.69 Å². The smallest absolute Gasteiger partial charge is 0.100 e. The second-order valence-corrected chi connectivity index (χ2v) is 5.61. The lowest BCUT2D eigenvalue weighted by Crippen LogP contribution is -2.20. The molecule has 0 fully saturated rings. The Bertz CT molecular complexity index is 927. The van der Waals surface area contributed by atoms with E-state index in [0.717, 1.165) is 29.0 Å². The van der Waals surface area contributed by atoms with Crippen LogP contribution in [0.3, 0.4) is 0 Å². The maximum Gasteiger partial charge on any atom is 0.100 e. The summed E-state index contributed by atoms with van der Waals surface area (Å²) in [5.41, 5.74) is 11.9.